The minimum Gasteiger partial charge on any atom is -0.370 e. The molecule has 21 heavy (non-hydrogen) atoms. The molecule has 0 atom stereocenters. The summed E-state index contributed by atoms with van der Waals surface area (Å²) in [6.45, 7) is 6.77. The van der Waals surface area contributed by atoms with Crippen molar-refractivity contribution in [2.75, 3.05) is 11.9 Å². The molecule has 0 radical (unpaired) electrons. The predicted octanol–water partition coefficient (Wildman–Crippen LogP) is 4.63. The third-order valence-electron chi connectivity index (χ3n) is 3.19. The molecule has 2 aromatic rings. The molecule has 5 heteroatoms. The maximum atomic E-state index is 13.5. The molecule has 0 aliphatic carbocycles. The van der Waals surface area contributed by atoms with E-state index in [9.17, 15) is 4.39 Å². The number of aromatic nitrogens is 2. The molecule has 3 nitrogen and oxygen atoms in total. The highest BCUT2D eigenvalue weighted by Gasteiger charge is 2.15. The van der Waals surface area contributed by atoms with Crippen molar-refractivity contribution in [1.82, 2.24) is 9.97 Å². The van der Waals surface area contributed by atoms with Gasteiger partial charge in [0.15, 0.2) is 0 Å². The summed E-state index contributed by atoms with van der Waals surface area (Å²) in [6.07, 6.45) is 1.73. The van der Waals surface area contributed by atoms with E-state index in [4.69, 9.17) is 11.6 Å². The number of nitrogens with one attached hydrogen (secondary N) is 1. The lowest BCUT2D eigenvalue weighted by atomic mass is 10.1. The number of hydrogen-bond acceptors (Lipinski definition) is 3. The molecular formula is C16H19ClFN3. The Morgan fingerprint density at radius 2 is 2.00 bits per heavy atom. The highest BCUT2D eigenvalue weighted by molar-refractivity contribution is 6.33. The maximum absolute atomic E-state index is 13.5. The first-order valence-corrected chi connectivity index (χ1v) is 7.51. The summed E-state index contributed by atoms with van der Waals surface area (Å²) < 4.78 is 13.5. The van der Waals surface area contributed by atoms with E-state index in [1.54, 1.807) is 6.07 Å². The summed E-state index contributed by atoms with van der Waals surface area (Å²) in [4.78, 5) is 9.11. The van der Waals surface area contributed by atoms with Crippen LogP contribution in [0, 0.1) is 12.7 Å². The van der Waals surface area contributed by atoms with Crippen molar-refractivity contribution in [1.29, 1.82) is 0 Å². The third kappa shape index (κ3) is 3.50. The number of aryl methyl sites for hydroxylation is 1. The largest absolute Gasteiger partial charge is 0.370 e. The maximum Gasteiger partial charge on any atom is 0.133 e. The van der Waals surface area contributed by atoms with E-state index in [2.05, 4.69) is 22.2 Å². The van der Waals surface area contributed by atoms with Gasteiger partial charge >= 0.3 is 0 Å². The minimum atomic E-state index is -0.325. The molecule has 0 saturated carbocycles. The SMILES string of the molecule is CCCc1nc(NCC)c(C)c(-c2cc(F)ccc2Cl)n1. The summed E-state index contributed by atoms with van der Waals surface area (Å²) in [5.41, 5.74) is 2.17. The van der Waals surface area contributed by atoms with E-state index in [-0.39, 0.29) is 5.82 Å². The summed E-state index contributed by atoms with van der Waals surface area (Å²) in [6, 6.07) is 4.32. The van der Waals surface area contributed by atoms with Crippen LogP contribution in [0.1, 0.15) is 31.7 Å². The van der Waals surface area contributed by atoms with E-state index in [0.717, 1.165) is 36.6 Å². The van der Waals surface area contributed by atoms with Crippen molar-refractivity contribution in [2.24, 2.45) is 0 Å². The molecule has 0 aliphatic heterocycles. The molecule has 1 aromatic heterocycles. The quantitative estimate of drug-likeness (QED) is 0.875. The predicted molar refractivity (Wildman–Crippen MR) is 85.3 cm³/mol. The topological polar surface area (TPSA) is 37.8 Å². The van der Waals surface area contributed by atoms with Crippen molar-refractivity contribution >= 4 is 17.4 Å². The van der Waals surface area contributed by atoms with Crippen LogP contribution in [0.3, 0.4) is 0 Å². The lowest BCUT2D eigenvalue weighted by molar-refractivity contribution is 0.628. The van der Waals surface area contributed by atoms with E-state index in [1.165, 1.54) is 12.1 Å². The zero-order chi connectivity index (χ0) is 15.4. The first-order chi connectivity index (χ1) is 10.1. The molecule has 0 unspecified atom stereocenters. The second-order valence-corrected chi connectivity index (χ2v) is 5.27. The Hall–Kier alpha value is -1.68. The fourth-order valence-electron chi connectivity index (χ4n) is 2.18. The highest BCUT2D eigenvalue weighted by atomic mass is 35.5. The number of hydrogen-bond donors (Lipinski definition) is 1. The second kappa shape index (κ2) is 6.85. The first-order valence-electron chi connectivity index (χ1n) is 7.13. The van der Waals surface area contributed by atoms with Gasteiger partial charge in [-0.15, -0.1) is 0 Å². The summed E-state index contributed by atoms with van der Waals surface area (Å²) >= 11 is 6.21. The highest BCUT2D eigenvalue weighted by Crippen LogP contribution is 2.32. The van der Waals surface area contributed by atoms with Gasteiger partial charge in [0.25, 0.3) is 0 Å². The van der Waals surface area contributed by atoms with Crippen LogP contribution in [0.2, 0.25) is 5.02 Å². The number of rotatable bonds is 5. The smallest absolute Gasteiger partial charge is 0.133 e. The van der Waals surface area contributed by atoms with Crippen molar-refractivity contribution in [2.45, 2.75) is 33.6 Å². The van der Waals surface area contributed by atoms with Gasteiger partial charge < -0.3 is 5.32 Å². The molecule has 2 rings (SSSR count). The Morgan fingerprint density at radius 3 is 2.67 bits per heavy atom. The Labute approximate surface area is 129 Å². The normalized spacial score (nSPS) is 10.7. The molecule has 0 saturated heterocycles. The van der Waals surface area contributed by atoms with Gasteiger partial charge in [-0.2, -0.15) is 0 Å². The van der Waals surface area contributed by atoms with E-state index < -0.39 is 0 Å². The lowest BCUT2D eigenvalue weighted by Crippen LogP contribution is -2.08. The zero-order valence-corrected chi connectivity index (χ0v) is 13.3. The zero-order valence-electron chi connectivity index (χ0n) is 12.5. The minimum absolute atomic E-state index is 0.325. The monoisotopic (exact) mass is 307 g/mol. The molecule has 0 aliphatic rings. The van der Waals surface area contributed by atoms with E-state index in [1.807, 2.05) is 13.8 Å². The van der Waals surface area contributed by atoms with Crippen LogP contribution in [-0.2, 0) is 6.42 Å². The molecule has 1 aromatic carbocycles. The molecule has 0 amide bonds. The summed E-state index contributed by atoms with van der Waals surface area (Å²) in [5.74, 6) is 1.20. The van der Waals surface area contributed by atoms with Crippen molar-refractivity contribution < 1.29 is 4.39 Å². The van der Waals surface area contributed by atoms with Crippen LogP contribution in [0.15, 0.2) is 18.2 Å². The van der Waals surface area contributed by atoms with Crippen LogP contribution in [0.4, 0.5) is 10.2 Å². The van der Waals surface area contributed by atoms with Crippen LogP contribution in [0.5, 0.6) is 0 Å². The van der Waals surface area contributed by atoms with Crippen LogP contribution in [-0.4, -0.2) is 16.5 Å². The number of benzene rings is 1. The fraction of sp³-hybridized carbons (Fsp3) is 0.375. The van der Waals surface area contributed by atoms with Gasteiger partial charge in [-0.25, -0.2) is 14.4 Å². The molecular weight excluding hydrogens is 289 g/mol. The molecule has 0 bridgehead atoms. The standard InChI is InChI=1S/C16H19ClFN3/c1-4-6-14-20-15(10(3)16(21-14)19-5-2)12-9-11(18)7-8-13(12)17/h7-9H,4-6H2,1-3H3,(H,19,20,21). The van der Waals surface area contributed by atoms with Gasteiger partial charge in [0, 0.05) is 24.1 Å². The first kappa shape index (κ1) is 15.7. The van der Waals surface area contributed by atoms with Crippen molar-refractivity contribution in [3.63, 3.8) is 0 Å². The average molecular weight is 308 g/mol. The fourth-order valence-corrected chi connectivity index (χ4v) is 2.39. The molecule has 1 N–H and O–H groups in total. The molecule has 0 fully saturated rings. The van der Waals surface area contributed by atoms with Crippen LogP contribution >= 0.6 is 11.6 Å². The number of halogens is 2. The average Bonchev–Trinajstić information content (AvgIpc) is 2.45. The second-order valence-electron chi connectivity index (χ2n) is 4.87. The van der Waals surface area contributed by atoms with Gasteiger partial charge in [0.1, 0.15) is 17.5 Å². The Bertz CT molecular complexity index is 644. The van der Waals surface area contributed by atoms with E-state index >= 15 is 0 Å². The summed E-state index contributed by atoms with van der Waals surface area (Å²) in [7, 11) is 0. The van der Waals surface area contributed by atoms with Crippen molar-refractivity contribution in [3.05, 3.63) is 40.4 Å². The van der Waals surface area contributed by atoms with Gasteiger partial charge in [-0.3, -0.25) is 0 Å². The Morgan fingerprint density at radius 1 is 1.24 bits per heavy atom. The van der Waals surface area contributed by atoms with E-state index in [0.29, 0.717) is 16.3 Å². The Kier molecular flexibility index (Phi) is 5.12. The van der Waals surface area contributed by atoms with Gasteiger partial charge in [0.05, 0.1) is 10.7 Å². The third-order valence-corrected chi connectivity index (χ3v) is 3.52. The van der Waals surface area contributed by atoms with Crippen molar-refractivity contribution in [3.8, 4) is 11.3 Å². The lowest BCUT2D eigenvalue weighted by Gasteiger charge is -2.14. The number of anilines is 1. The molecule has 0 spiro atoms. The molecule has 1 heterocycles. The van der Waals surface area contributed by atoms with Crippen LogP contribution in [0.25, 0.3) is 11.3 Å². The van der Waals surface area contributed by atoms with Gasteiger partial charge in [0.2, 0.25) is 0 Å². The number of nitrogens with zero attached hydrogens (tertiary/aromatic N) is 2. The van der Waals surface area contributed by atoms with Gasteiger partial charge in [-0.05, 0) is 38.5 Å². The molecule has 112 valence electrons. The van der Waals surface area contributed by atoms with Crippen LogP contribution < -0.4 is 5.32 Å². The summed E-state index contributed by atoms with van der Waals surface area (Å²) in [5, 5.41) is 3.72. The Balaban J connectivity index is 2.62. The van der Waals surface area contributed by atoms with Gasteiger partial charge in [-0.1, -0.05) is 18.5 Å².